The maximum atomic E-state index is 10.4. The van der Waals surface area contributed by atoms with Gasteiger partial charge in [0, 0.05) is 19.6 Å². The van der Waals surface area contributed by atoms with Crippen molar-refractivity contribution in [1.29, 1.82) is 0 Å². The number of rotatable bonds is 6. The monoisotopic (exact) mass is 215 g/mol. The Balaban J connectivity index is 2.09. The molecule has 4 heteroatoms. The van der Waals surface area contributed by atoms with Gasteiger partial charge >= 0.3 is 5.97 Å². The number of aliphatic hydroxyl groups is 1. The first-order chi connectivity index (χ1) is 7.22. The standard InChI is InChI=1S/C11H21NO3/c13-9-1-6-12-7-4-10(5-8-12)2-3-11(14)15/h10,13H,1-9H2,(H,14,15). The van der Waals surface area contributed by atoms with E-state index >= 15 is 0 Å². The van der Waals surface area contributed by atoms with Crippen molar-refractivity contribution in [1.82, 2.24) is 4.90 Å². The van der Waals surface area contributed by atoms with E-state index in [1.54, 1.807) is 0 Å². The number of hydrogen-bond acceptors (Lipinski definition) is 3. The van der Waals surface area contributed by atoms with Crippen LogP contribution in [0.2, 0.25) is 0 Å². The Kier molecular flexibility index (Phi) is 5.65. The van der Waals surface area contributed by atoms with Crippen molar-refractivity contribution in [2.45, 2.75) is 32.1 Å². The molecule has 1 heterocycles. The smallest absolute Gasteiger partial charge is 0.303 e. The number of hydrogen-bond donors (Lipinski definition) is 2. The van der Waals surface area contributed by atoms with Crippen LogP contribution in [0.5, 0.6) is 0 Å². The third kappa shape index (κ3) is 5.14. The molecular weight excluding hydrogens is 194 g/mol. The summed E-state index contributed by atoms with van der Waals surface area (Å²) in [6.07, 6.45) is 4.20. The van der Waals surface area contributed by atoms with Gasteiger partial charge in [-0.2, -0.15) is 0 Å². The zero-order valence-corrected chi connectivity index (χ0v) is 9.19. The van der Waals surface area contributed by atoms with E-state index in [-0.39, 0.29) is 6.61 Å². The second-order valence-corrected chi connectivity index (χ2v) is 4.29. The largest absolute Gasteiger partial charge is 0.481 e. The fourth-order valence-corrected chi connectivity index (χ4v) is 2.12. The van der Waals surface area contributed by atoms with Crippen molar-refractivity contribution >= 4 is 5.97 Å². The van der Waals surface area contributed by atoms with Gasteiger partial charge in [0.25, 0.3) is 0 Å². The van der Waals surface area contributed by atoms with E-state index in [1.807, 2.05) is 0 Å². The van der Waals surface area contributed by atoms with Crippen LogP contribution < -0.4 is 0 Å². The molecule has 0 aliphatic carbocycles. The Morgan fingerprint density at radius 1 is 1.33 bits per heavy atom. The van der Waals surface area contributed by atoms with Gasteiger partial charge in [-0.1, -0.05) is 0 Å². The van der Waals surface area contributed by atoms with Gasteiger partial charge in [-0.05, 0) is 44.7 Å². The molecule has 2 N–H and O–H groups in total. The molecule has 1 aliphatic rings. The van der Waals surface area contributed by atoms with E-state index in [0.717, 1.165) is 45.3 Å². The summed E-state index contributed by atoms with van der Waals surface area (Å²) in [6, 6.07) is 0. The van der Waals surface area contributed by atoms with Gasteiger partial charge in [-0.25, -0.2) is 0 Å². The summed E-state index contributed by atoms with van der Waals surface area (Å²) in [7, 11) is 0. The molecule has 0 aromatic rings. The molecular formula is C11H21NO3. The van der Waals surface area contributed by atoms with Crippen LogP contribution in [0.3, 0.4) is 0 Å². The number of nitrogens with zero attached hydrogens (tertiary/aromatic N) is 1. The quantitative estimate of drug-likeness (QED) is 0.692. The van der Waals surface area contributed by atoms with E-state index in [9.17, 15) is 4.79 Å². The molecule has 1 saturated heterocycles. The van der Waals surface area contributed by atoms with Gasteiger partial charge in [-0.3, -0.25) is 4.79 Å². The van der Waals surface area contributed by atoms with Crippen molar-refractivity contribution in [2.75, 3.05) is 26.2 Å². The van der Waals surface area contributed by atoms with Crippen LogP contribution in [0.15, 0.2) is 0 Å². The lowest BCUT2D eigenvalue weighted by molar-refractivity contribution is -0.137. The zero-order valence-electron chi connectivity index (χ0n) is 9.19. The Morgan fingerprint density at radius 3 is 2.53 bits per heavy atom. The topological polar surface area (TPSA) is 60.8 Å². The molecule has 1 aliphatic heterocycles. The number of aliphatic hydroxyl groups excluding tert-OH is 1. The molecule has 0 bridgehead atoms. The van der Waals surface area contributed by atoms with Crippen LogP contribution in [-0.2, 0) is 4.79 Å². The molecule has 0 unspecified atom stereocenters. The Morgan fingerprint density at radius 2 is 2.00 bits per heavy atom. The van der Waals surface area contributed by atoms with Gasteiger partial charge in [0.1, 0.15) is 0 Å². The molecule has 1 fully saturated rings. The van der Waals surface area contributed by atoms with Gasteiger partial charge in [0.15, 0.2) is 0 Å². The van der Waals surface area contributed by atoms with Gasteiger partial charge in [0.2, 0.25) is 0 Å². The zero-order chi connectivity index (χ0) is 11.1. The van der Waals surface area contributed by atoms with Gasteiger partial charge < -0.3 is 15.1 Å². The van der Waals surface area contributed by atoms with Crippen LogP contribution in [0, 0.1) is 5.92 Å². The van der Waals surface area contributed by atoms with Crippen LogP contribution in [0.25, 0.3) is 0 Å². The minimum absolute atomic E-state index is 0.263. The van der Waals surface area contributed by atoms with Gasteiger partial charge in [-0.15, -0.1) is 0 Å². The molecule has 0 aromatic carbocycles. The second-order valence-electron chi connectivity index (χ2n) is 4.29. The molecule has 0 spiro atoms. The molecule has 15 heavy (non-hydrogen) atoms. The van der Waals surface area contributed by atoms with Crippen LogP contribution >= 0.6 is 0 Å². The number of carboxylic acid groups (broad SMARTS) is 1. The third-order valence-corrected chi connectivity index (χ3v) is 3.11. The maximum absolute atomic E-state index is 10.4. The van der Waals surface area contributed by atoms with E-state index in [2.05, 4.69) is 4.90 Å². The van der Waals surface area contributed by atoms with E-state index in [0.29, 0.717) is 12.3 Å². The van der Waals surface area contributed by atoms with Crippen LogP contribution in [-0.4, -0.2) is 47.3 Å². The highest BCUT2D eigenvalue weighted by molar-refractivity contribution is 5.66. The summed E-state index contributed by atoms with van der Waals surface area (Å²) in [5.74, 6) is -0.0933. The van der Waals surface area contributed by atoms with Crippen molar-refractivity contribution in [3.05, 3.63) is 0 Å². The predicted molar refractivity (Wildman–Crippen MR) is 57.7 cm³/mol. The number of aliphatic carboxylic acids is 1. The molecule has 0 atom stereocenters. The van der Waals surface area contributed by atoms with Crippen molar-refractivity contribution in [3.63, 3.8) is 0 Å². The highest BCUT2D eigenvalue weighted by Gasteiger charge is 2.19. The lowest BCUT2D eigenvalue weighted by Crippen LogP contribution is -2.34. The fourth-order valence-electron chi connectivity index (χ4n) is 2.12. The summed E-state index contributed by atoms with van der Waals surface area (Å²) < 4.78 is 0. The van der Waals surface area contributed by atoms with Crippen molar-refractivity contribution in [3.8, 4) is 0 Å². The number of carboxylic acids is 1. The molecule has 0 radical (unpaired) electrons. The van der Waals surface area contributed by atoms with E-state index < -0.39 is 5.97 Å². The molecule has 0 amide bonds. The summed E-state index contributed by atoms with van der Waals surface area (Å²) in [6.45, 7) is 3.36. The van der Waals surface area contributed by atoms with E-state index in [1.165, 1.54) is 0 Å². The first-order valence-corrected chi connectivity index (χ1v) is 5.77. The number of carbonyl (C=O) groups is 1. The number of piperidine rings is 1. The minimum Gasteiger partial charge on any atom is -0.481 e. The maximum Gasteiger partial charge on any atom is 0.303 e. The Hall–Kier alpha value is -0.610. The summed E-state index contributed by atoms with van der Waals surface area (Å²) >= 11 is 0. The van der Waals surface area contributed by atoms with Crippen LogP contribution in [0.1, 0.15) is 32.1 Å². The fraction of sp³-hybridized carbons (Fsp3) is 0.909. The SMILES string of the molecule is O=C(O)CCC1CCN(CCCO)CC1. The second kappa shape index (κ2) is 6.80. The average molecular weight is 215 g/mol. The molecule has 0 aromatic heterocycles. The van der Waals surface area contributed by atoms with Gasteiger partial charge in [0.05, 0.1) is 0 Å². The average Bonchev–Trinajstić information content (AvgIpc) is 2.25. The Labute approximate surface area is 90.9 Å². The molecule has 0 saturated carbocycles. The molecule has 1 rings (SSSR count). The highest BCUT2D eigenvalue weighted by Crippen LogP contribution is 2.21. The summed E-state index contributed by atoms with van der Waals surface area (Å²) in [5, 5.41) is 17.3. The Bertz CT molecular complexity index is 188. The lowest BCUT2D eigenvalue weighted by atomic mass is 9.92. The molecule has 88 valence electrons. The highest BCUT2D eigenvalue weighted by atomic mass is 16.4. The van der Waals surface area contributed by atoms with E-state index in [4.69, 9.17) is 10.2 Å². The number of likely N-dealkylation sites (tertiary alicyclic amines) is 1. The predicted octanol–water partition coefficient (Wildman–Crippen LogP) is 0.946. The van der Waals surface area contributed by atoms with Crippen molar-refractivity contribution in [2.24, 2.45) is 5.92 Å². The minimum atomic E-state index is -0.683. The normalized spacial score (nSPS) is 19.3. The van der Waals surface area contributed by atoms with Crippen LogP contribution in [0.4, 0.5) is 0 Å². The van der Waals surface area contributed by atoms with Crippen molar-refractivity contribution < 1.29 is 15.0 Å². The summed E-state index contributed by atoms with van der Waals surface area (Å²) in [5.41, 5.74) is 0. The first-order valence-electron chi connectivity index (χ1n) is 5.77. The molecule has 4 nitrogen and oxygen atoms in total. The lowest BCUT2D eigenvalue weighted by Gasteiger charge is -2.31. The third-order valence-electron chi connectivity index (χ3n) is 3.11. The first kappa shape index (κ1) is 12.5. The summed E-state index contributed by atoms with van der Waals surface area (Å²) in [4.78, 5) is 12.8.